The van der Waals surface area contributed by atoms with Crippen LogP contribution in [0, 0.1) is 16.0 Å². The van der Waals surface area contributed by atoms with E-state index in [4.69, 9.17) is 5.11 Å². The fourth-order valence-corrected chi connectivity index (χ4v) is 1.78. The smallest absolute Gasteiger partial charge is 0.320 e. The van der Waals surface area contributed by atoms with Crippen LogP contribution < -0.4 is 5.32 Å². The molecule has 0 radical (unpaired) electrons. The van der Waals surface area contributed by atoms with E-state index in [1.165, 1.54) is 6.07 Å². The summed E-state index contributed by atoms with van der Waals surface area (Å²) in [5.74, 6) is -0.939. The van der Waals surface area contributed by atoms with Gasteiger partial charge < -0.3 is 10.4 Å². The second-order valence-corrected chi connectivity index (χ2v) is 4.69. The molecule has 0 aliphatic rings. The zero-order valence-electron chi connectivity index (χ0n) is 11.4. The van der Waals surface area contributed by atoms with Gasteiger partial charge in [-0.1, -0.05) is 38.1 Å². The second kappa shape index (κ2) is 7.40. The van der Waals surface area contributed by atoms with Gasteiger partial charge in [0.05, 0.1) is 10.5 Å². The monoisotopic (exact) mass is 278 g/mol. The van der Waals surface area contributed by atoms with Crippen LogP contribution in [-0.4, -0.2) is 28.6 Å². The van der Waals surface area contributed by atoms with Crippen molar-refractivity contribution in [3.05, 3.63) is 46.0 Å². The SMILES string of the molecule is CC(C)[C@@H](NC/C=C/c1ccccc1[N+](=O)[O-])C(=O)O. The highest BCUT2D eigenvalue weighted by atomic mass is 16.6. The summed E-state index contributed by atoms with van der Waals surface area (Å²) < 4.78 is 0. The van der Waals surface area contributed by atoms with Gasteiger partial charge in [0.15, 0.2) is 0 Å². The van der Waals surface area contributed by atoms with E-state index in [-0.39, 0.29) is 11.6 Å². The summed E-state index contributed by atoms with van der Waals surface area (Å²) in [6.07, 6.45) is 3.30. The van der Waals surface area contributed by atoms with Gasteiger partial charge in [0, 0.05) is 12.6 Å². The molecule has 0 heterocycles. The van der Waals surface area contributed by atoms with Crippen molar-refractivity contribution in [3.63, 3.8) is 0 Å². The number of benzene rings is 1. The Labute approximate surface area is 117 Å². The number of nitrogens with zero attached hydrogens (tertiary/aromatic N) is 1. The standard InChI is InChI=1S/C14H18N2O4/c1-10(2)13(14(17)18)15-9-5-7-11-6-3-4-8-12(11)16(19)20/h3-8,10,13,15H,9H2,1-2H3,(H,17,18)/b7-5+/t13-/m1/s1. The molecule has 0 saturated carbocycles. The number of carboxylic acid groups (broad SMARTS) is 1. The lowest BCUT2D eigenvalue weighted by Gasteiger charge is -2.16. The molecule has 108 valence electrons. The minimum atomic E-state index is -0.904. The number of para-hydroxylation sites is 1. The Morgan fingerprint density at radius 2 is 2.10 bits per heavy atom. The molecule has 6 heteroatoms. The van der Waals surface area contributed by atoms with E-state index < -0.39 is 16.9 Å². The van der Waals surface area contributed by atoms with E-state index in [2.05, 4.69) is 5.32 Å². The first-order chi connectivity index (χ1) is 9.43. The number of nitro groups is 1. The van der Waals surface area contributed by atoms with Crippen LogP contribution in [0.2, 0.25) is 0 Å². The van der Waals surface area contributed by atoms with Crippen LogP contribution in [0.3, 0.4) is 0 Å². The predicted molar refractivity (Wildman–Crippen MR) is 76.4 cm³/mol. The minimum Gasteiger partial charge on any atom is -0.480 e. The van der Waals surface area contributed by atoms with E-state index >= 15 is 0 Å². The van der Waals surface area contributed by atoms with Crippen LogP contribution in [0.15, 0.2) is 30.3 Å². The molecule has 0 spiro atoms. The van der Waals surface area contributed by atoms with Crippen LogP contribution in [0.25, 0.3) is 6.08 Å². The van der Waals surface area contributed by atoms with Crippen molar-refractivity contribution in [2.75, 3.05) is 6.54 Å². The normalized spacial score (nSPS) is 12.8. The molecule has 0 aromatic heterocycles. The third kappa shape index (κ3) is 4.47. The summed E-state index contributed by atoms with van der Waals surface area (Å²) >= 11 is 0. The molecule has 6 nitrogen and oxygen atoms in total. The number of hydrogen-bond donors (Lipinski definition) is 2. The first-order valence-corrected chi connectivity index (χ1v) is 6.29. The Balaban J connectivity index is 2.66. The molecule has 0 amide bonds. The molecule has 2 N–H and O–H groups in total. The Bertz CT molecular complexity index is 512. The van der Waals surface area contributed by atoms with Crippen molar-refractivity contribution >= 4 is 17.7 Å². The average Bonchev–Trinajstić information content (AvgIpc) is 2.37. The first kappa shape index (κ1) is 15.8. The van der Waals surface area contributed by atoms with Gasteiger partial charge in [0.2, 0.25) is 0 Å². The lowest BCUT2D eigenvalue weighted by atomic mass is 10.0. The molecule has 0 unspecified atom stereocenters. The van der Waals surface area contributed by atoms with Gasteiger partial charge in [-0.3, -0.25) is 14.9 Å². The Morgan fingerprint density at radius 1 is 1.45 bits per heavy atom. The van der Waals surface area contributed by atoms with Gasteiger partial charge >= 0.3 is 5.97 Å². The zero-order chi connectivity index (χ0) is 15.1. The average molecular weight is 278 g/mol. The number of carbonyl (C=O) groups is 1. The maximum absolute atomic E-state index is 11.0. The molecule has 1 aromatic rings. The molecule has 1 aromatic carbocycles. The summed E-state index contributed by atoms with van der Waals surface area (Å²) in [6.45, 7) is 3.97. The van der Waals surface area contributed by atoms with Crippen LogP contribution in [0.1, 0.15) is 19.4 Å². The third-order valence-corrected chi connectivity index (χ3v) is 2.82. The van der Waals surface area contributed by atoms with Gasteiger partial charge in [0.25, 0.3) is 5.69 Å². The number of nitro benzene ring substituents is 1. The van der Waals surface area contributed by atoms with Crippen LogP contribution in [-0.2, 0) is 4.79 Å². The Hall–Kier alpha value is -2.21. The highest BCUT2D eigenvalue weighted by Gasteiger charge is 2.19. The second-order valence-electron chi connectivity index (χ2n) is 4.69. The fraction of sp³-hybridized carbons (Fsp3) is 0.357. The van der Waals surface area contributed by atoms with Gasteiger partial charge in [-0.25, -0.2) is 0 Å². The highest BCUT2D eigenvalue weighted by molar-refractivity contribution is 5.73. The van der Waals surface area contributed by atoms with Gasteiger partial charge in [-0.05, 0) is 12.0 Å². The molecule has 1 atom stereocenters. The van der Waals surface area contributed by atoms with Crippen molar-refractivity contribution < 1.29 is 14.8 Å². The molecule has 0 aliphatic carbocycles. The van der Waals surface area contributed by atoms with Crippen molar-refractivity contribution in [1.29, 1.82) is 0 Å². The number of hydrogen-bond acceptors (Lipinski definition) is 4. The molecule has 0 fully saturated rings. The lowest BCUT2D eigenvalue weighted by molar-refractivity contribution is -0.385. The van der Waals surface area contributed by atoms with Gasteiger partial charge in [0.1, 0.15) is 6.04 Å². The largest absolute Gasteiger partial charge is 0.480 e. The molecule has 1 rings (SSSR count). The predicted octanol–water partition coefficient (Wildman–Crippen LogP) is 2.31. The quantitative estimate of drug-likeness (QED) is 0.589. The summed E-state index contributed by atoms with van der Waals surface area (Å²) in [4.78, 5) is 21.3. The van der Waals surface area contributed by atoms with Crippen molar-refractivity contribution in [2.24, 2.45) is 5.92 Å². The summed E-state index contributed by atoms with van der Waals surface area (Å²) in [6, 6.07) is 5.76. The van der Waals surface area contributed by atoms with Gasteiger partial charge in [-0.15, -0.1) is 0 Å². The van der Waals surface area contributed by atoms with Crippen LogP contribution >= 0.6 is 0 Å². The lowest BCUT2D eigenvalue weighted by Crippen LogP contribution is -2.40. The first-order valence-electron chi connectivity index (χ1n) is 6.29. The highest BCUT2D eigenvalue weighted by Crippen LogP contribution is 2.18. The van der Waals surface area contributed by atoms with Crippen molar-refractivity contribution in [1.82, 2.24) is 5.32 Å². The van der Waals surface area contributed by atoms with E-state index in [9.17, 15) is 14.9 Å². The van der Waals surface area contributed by atoms with Crippen molar-refractivity contribution in [2.45, 2.75) is 19.9 Å². The van der Waals surface area contributed by atoms with Gasteiger partial charge in [-0.2, -0.15) is 0 Å². The zero-order valence-corrected chi connectivity index (χ0v) is 11.4. The number of rotatable bonds is 7. The van der Waals surface area contributed by atoms with Crippen molar-refractivity contribution in [3.8, 4) is 0 Å². The molecule has 0 bridgehead atoms. The minimum absolute atomic E-state index is 0.0300. The summed E-state index contributed by atoms with van der Waals surface area (Å²) in [5.41, 5.74) is 0.526. The topological polar surface area (TPSA) is 92.5 Å². The van der Waals surface area contributed by atoms with E-state index in [0.29, 0.717) is 12.1 Å². The molecule has 20 heavy (non-hydrogen) atoms. The molecular formula is C14H18N2O4. The summed E-state index contributed by atoms with van der Waals surface area (Å²) in [5, 5.41) is 22.7. The third-order valence-electron chi connectivity index (χ3n) is 2.82. The maximum Gasteiger partial charge on any atom is 0.320 e. The summed E-state index contributed by atoms with van der Waals surface area (Å²) in [7, 11) is 0. The van der Waals surface area contributed by atoms with E-state index in [1.807, 2.05) is 13.8 Å². The number of nitrogens with one attached hydrogen (secondary N) is 1. The van der Waals surface area contributed by atoms with E-state index in [0.717, 1.165) is 0 Å². The molecule has 0 aliphatic heterocycles. The number of carboxylic acids is 1. The molecular weight excluding hydrogens is 260 g/mol. The maximum atomic E-state index is 11.0. The fourth-order valence-electron chi connectivity index (χ4n) is 1.78. The van der Waals surface area contributed by atoms with Crippen LogP contribution in [0.4, 0.5) is 5.69 Å². The van der Waals surface area contributed by atoms with E-state index in [1.54, 1.807) is 30.4 Å². The Morgan fingerprint density at radius 3 is 2.65 bits per heavy atom. The number of aliphatic carboxylic acids is 1. The Kier molecular flexibility index (Phi) is 5.86. The molecule has 0 saturated heterocycles. The van der Waals surface area contributed by atoms with Crippen LogP contribution in [0.5, 0.6) is 0 Å².